The van der Waals surface area contributed by atoms with E-state index in [4.69, 9.17) is 12.2 Å². The Morgan fingerprint density at radius 2 is 1.81 bits per heavy atom. The molecule has 0 aliphatic carbocycles. The molecule has 0 saturated carbocycles. The van der Waals surface area contributed by atoms with E-state index in [2.05, 4.69) is 12.2 Å². The highest BCUT2D eigenvalue weighted by Crippen LogP contribution is 2.31. The van der Waals surface area contributed by atoms with E-state index in [9.17, 15) is 9.59 Å². The molecule has 6 heteroatoms. The Morgan fingerprint density at radius 3 is 2.46 bits per heavy atom. The Labute approximate surface area is 163 Å². The molecule has 0 radical (unpaired) electrons. The van der Waals surface area contributed by atoms with Crippen molar-refractivity contribution in [2.75, 3.05) is 5.32 Å². The molecule has 3 rings (SSSR count). The van der Waals surface area contributed by atoms with Crippen molar-refractivity contribution >= 4 is 45.8 Å². The van der Waals surface area contributed by atoms with E-state index >= 15 is 0 Å². The summed E-state index contributed by atoms with van der Waals surface area (Å²) in [5.41, 5.74) is 2.97. The molecule has 1 saturated heterocycles. The van der Waals surface area contributed by atoms with Crippen LogP contribution in [0.4, 0.5) is 5.69 Å². The quantitative estimate of drug-likeness (QED) is 0.765. The molecule has 0 spiro atoms. The molecule has 1 heterocycles. The van der Waals surface area contributed by atoms with Gasteiger partial charge >= 0.3 is 0 Å². The molecule has 2 amide bonds. The maximum absolute atomic E-state index is 12.6. The van der Waals surface area contributed by atoms with Gasteiger partial charge in [-0.1, -0.05) is 73.4 Å². The number of carbonyl (C=O) groups is 2. The number of benzene rings is 2. The van der Waals surface area contributed by atoms with E-state index in [1.807, 2.05) is 54.6 Å². The number of aryl methyl sites for hydroxylation is 1. The first kappa shape index (κ1) is 18.6. The monoisotopic (exact) mass is 384 g/mol. The van der Waals surface area contributed by atoms with Crippen LogP contribution in [0, 0.1) is 0 Å². The molecule has 0 aromatic heterocycles. The highest BCUT2D eigenvalue weighted by atomic mass is 32.2. The molecule has 2 aromatic rings. The molecule has 1 atom stereocenters. The first-order valence-electron chi connectivity index (χ1n) is 8.51. The molecule has 4 nitrogen and oxygen atoms in total. The minimum atomic E-state index is -0.457. The molecule has 26 heavy (non-hydrogen) atoms. The first-order chi connectivity index (χ1) is 12.6. The summed E-state index contributed by atoms with van der Waals surface area (Å²) in [5, 5.41) is 2.40. The van der Waals surface area contributed by atoms with Crippen LogP contribution in [-0.4, -0.2) is 26.3 Å². The second-order valence-electron chi connectivity index (χ2n) is 6.09. The third-order valence-electron chi connectivity index (χ3n) is 4.21. The number of thioether (sulfide) groups is 1. The number of nitrogens with zero attached hydrogens (tertiary/aromatic N) is 1. The Bertz CT molecular complexity index is 806. The predicted molar refractivity (Wildman–Crippen MR) is 110 cm³/mol. The minimum absolute atomic E-state index is 0.0969. The zero-order valence-corrected chi connectivity index (χ0v) is 16.1. The van der Waals surface area contributed by atoms with E-state index in [0.29, 0.717) is 10.9 Å². The van der Waals surface area contributed by atoms with Gasteiger partial charge in [0.1, 0.15) is 4.32 Å². The summed E-state index contributed by atoms with van der Waals surface area (Å²) < 4.78 is 0.531. The molecule has 1 unspecified atom stereocenters. The van der Waals surface area contributed by atoms with Crippen molar-refractivity contribution in [1.29, 1.82) is 0 Å². The average molecular weight is 385 g/mol. The lowest BCUT2D eigenvalue weighted by Gasteiger charge is -2.15. The fraction of sp³-hybridized carbons (Fsp3) is 0.250. The summed E-state index contributed by atoms with van der Waals surface area (Å²) in [6, 6.07) is 17.5. The number of thiocarbonyl (C=S) groups is 1. The van der Waals surface area contributed by atoms with Crippen LogP contribution < -0.4 is 5.32 Å². The molecular formula is C20H20N2O2S2. The van der Waals surface area contributed by atoms with Crippen molar-refractivity contribution in [2.45, 2.75) is 31.6 Å². The van der Waals surface area contributed by atoms with Crippen LogP contribution in [0.15, 0.2) is 54.6 Å². The van der Waals surface area contributed by atoms with E-state index in [-0.39, 0.29) is 18.2 Å². The normalized spacial score (nSPS) is 16.8. The third kappa shape index (κ3) is 4.51. The van der Waals surface area contributed by atoms with Gasteiger partial charge < -0.3 is 5.32 Å². The lowest BCUT2D eigenvalue weighted by molar-refractivity contribution is -0.128. The Kier molecular flexibility index (Phi) is 6.06. The minimum Gasteiger partial charge on any atom is -0.326 e. The zero-order valence-electron chi connectivity index (χ0n) is 14.5. The van der Waals surface area contributed by atoms with E-state index in [1.165, 1.54) is 17.3 Å². The number of hydrogen-bond acceptors (Lipinski definition) is 4. The van der Waals surface area contributed by atoms with Crippen molar-refractivity contribution in [3.05, 3.63) is 65.7 Å². The van der Waals surface area contributed by atoms with E-state index in [1.54, 1.807) is 4.90 Å². The summed E-state index contributed by atoms with van der Waals surface area (Å²) in [6.07, 6.45) is 1.07. The molecule has 2 aromatic carbocycles. The third-order valence-corrected chi connectivity index (χ3v) is 5.79. The van der Waals surface area contributed by atoms with Gasteiger partial charge in [0, 0.05) is 12.1 Å². The van der Waals surface area contributed by atoms with Crippen LogP contribution in [-0.2, 0) is 22.6 Å². The van der Waals surface area contributed by atoms with Crippen LogP contribution in [0.5, 0.6) is 0 Å². The van der Waals surface area contributed by atoms with Crippen LogP contribution in [0.2, 0.25) is 0 Å². The summed E-state index contributed by atoms with van der Waals surface area (Å²) in [6.45, 7) is 2.53. The topological polar surface area (TPSA) is 49.4 Å². The van der Waals surface area contributed by atoms with Crippen LogP contribution in [0.1, 0.15) is 24.5 Å². The number of anilines is 1. The molecular weight excluding hydrogens is 364 g/mol. The first-order valence-corrected chi connectivity index (χ1v) is 9.80. The van der Waals surface area contributed by atoms with Crippen molar-refractivity contribution in [1.82, 2.24) is 4.90 Å². The number of carbonyl (C=O) groups excluding carboxylic acids is 2. The molecule has 1 N–H and O–H groups in total. The van der Waals surface area contributed by atoms with Gasteiger partial charge in [-0.25, -0.2) is 0 Å². The fourth-order valence-electron chi connectivity index (χ4n) is 2.74. The summed E-state index contributed by atoms with van der Waals surface area (Å²) in [5.74, 6) is -0.273. The summed E-state index contributed by atoms with van der Waals surface area (Å²) in [7, 11) is 0. The number of amides is 2. The van der Waals surface area contributed by atoms with Crippen molar-refractivity contribution in [2.24, 2.45) is 0 Å². The molecule has 0 bridgehead atoms. The lowest BCUT2D eigenvalue weighted by Crippen LogP contribution is -2.32. The van der Waals surface area contributed by atoms with E-state index < -0.39 is 5.25 Å². The SMILES string of the molecule is CCc1ccc(NC(=O)CC2SC(=S)N(Cc3ccccc3)C2=O)cc1. The van der Waals surface area contributed by atoms with Gasteiger partial charge in [0.15, 0.2) is 0 Å². The highest BCUT2D eigenvalue weighted by molar-refractivity contribution is 8.24. The fourth-order valence-corrected chi connectivity index (χ4v) is 4.23. The smallest absolute Gasteiger partial charge is 0.242 e. The van der Waals surface area contributed by atoms with Crippen LogP contribution in [0.3, 0.4) is 0 Å². The largest absolute Gasteiger partial charge is 0.326 e. The van der Waals surface area contributed by atoms with Crippen molar-refractivity contribution in [3.63, 3.8) is 0 Å². The van der Waals surface area contributed by atoms with Gasteiger partial charge in [-0.3, -0.25) is 14.5 Å². The maximum atomic E-state index is 12.6. The standard InChI is InChI=1S/C20H20N2O2S2/c1-2-14-8-10-16(11-9-14)21-18(23)12-17-19(24)22(20(25)26-17)13-15-6-4-3-5-7-15/h3-11,17H,2,12-13H2,1H3,(H,21,23). The maximum Gasteiger partial charge on any atom is 0.242 e. The van der Waals surface area contributed by atoms with Crippen molar-refractivity contribution < 1.29 is 9.59 Å². The highest BCUT2D eigenvalue weighted by Gasteiger charge is 2.38. The van der Waals surface area contributed by atoms with Gasteiger partial charge in [0.05, 0.1) is 11.8 Å². The van der Waals surface area contributed by atoms with Gasteiger partial charge in [-0.05, 0) is 29.7 Å². The second kappa shape index (κ2) is 8.47. The van der Waals surface area contributed by atoms with E-state index in [0.717, 1.165) is 17.7 Å². The van der Waals surface area contributed by atoms with Gasteiger partial charge in [0.25, 0.3) is 0 Å². The van der Waals surface area contributed by atoms with Crippen LogP contribution >= 0.6 is 24.0 Å². The molecule has 134 valence electrons. The Hall–Kier alpha value is -2.18. The number of rotatable bonds is 6. The van der Waals surface area contributed by atoms with Crippen molar-refractivity contribution in [3.8, 4) is 0 Å². The van der Waals surface area contributed by atoms with Crippen LogP contribution in [0.25, 0.3) is 0 Å². The number of nitrogens with one attached hydrogen (secondary N) is 1. The number of hydrogen-bond donors (Lipinski definition) is 1. The summed E-state index contributed by atoms with van der Waals surface area (Å²) in [4.78, 5) is 26.5. The predicted octanol–water partition coefficient (Wildman–Crippen LogP) is 4.01. The van der Waals surface area contributed by atoms with Gasteiger partial charge in [0.2, 0.25) is 11.8 Å². The lowest BCUT2D eigenvalue weighted by atomic mass is 10.1. The Morgan fingerprint density at radius 1 is 1.12 bits per heavy atom. The molecule has 1 aliphatic heterocycles. The average Bonchev–Trinajstić information content (AvgIpc) is 2.90. The van der Waals surface area contributed by atoms with Gasteiger partial charge in [-0.15, -0.1) is 0 Å². The Balaban J connectivity index is 1.58. The molecule has 1 aliphatic rings. The second-order valence-corrected chi connectivity index (χ2v) is 7.92. The zero-order chi connectivity index (χ0) is 18.5. The summed E-state index contributed by atoms with van der Waals surface area (Å²) >= 11 is 6.63. The molecule has 1 fully saturated rings. The van der Waals surface area contributed by atoms with Gasteiger partial charge in [-0.2, -0.15) is 0 Å².